The maximum atomic E-state index is 13.1. The zero-order chi connectivity index (χ0) is 24.9. The number of ether oxygens (including phenoxy) is 2. The number of hydrogen-bond donors (Lipinski definition) is 2. The number of methoxy groups -OCH3 is 1. The van der Waals surface area contributed by atoms with E-state index in [1.807, 2.05) is 54.6 Å². The largest absolute Gasteiger partial charge is 0.489 e. The number of aliphatic carboxylic acids is 1. The SMILES string of the molecule is COC(=O)[C@H](Cc1ccc(OCc2ccccc2)cc1)NC(=O)C1CCC(C)(C(=O)O)C1(C)C. The summed E-state index contributed by atoms with van der Waals surface area (Å²) in [7, 11) is 1.28. The van der Waals surface area contributed by atoms with Crippen LogP contribution in [0.4, 0.5) is 0 Å². The predicted molar refractivity (Wildman–Crippen MR) is 127 cm³/mol. The Morgan fingerprint density at radius 3 is 2.24 bits per heavy atom. The average Bonchev–Trinajstić information content (AvgIpc) is 3.08. The van der Waals surface area contributed by atoms with Gasteiger partial charge in [0.25, 0.3) is 0 Å². The highest BCUT2D eigenvalue weighted by molar-refractivity contribution is 5.88. The highest BCUT2D eigenvalue weighted by atomic mass is 16.5. The summed E-state index contributed by atoms with van der Waals surface area (Å²) in [6.45, 7) is 5.74. The first-order valence-corrected chi connectivity index (χ1v) is 11.5. The maximum Gasteiger partial charge on any atom is 0.328 e. The minimum absolute atomic E-state index is 0.251. The lowest BCUT2D eigenvalue weighted by molar-refractivity contribution is -0.156. The number of carbonyl (C=O) groups excluding carboxylic acids is 2. The van der Waals surface area contributed by atoms with Crippen LogP contribution in [0.2, 0.25) is 0 Å². The molecule has 3 atom stereocenters. The van der Waals surface area contributed by atoms with Crippen molar-refractivity contribution in [1.29, 1.82) is 0 Å². The van der Waals surface area contributed by atoms with Crippen LogP contribution in [0.25, 0.3) is 0 Å². The summed E-state index contributed by atoms with van der Waals surface area (Å²) in [6, 6.07) is 16.3. The maximum absolute atomic E-state index is 13.1. The van der Waals surface area contributed by atoms with Gasteiger partial charge >= 0.3 is 11.9 Å². The molecule has 1 fully saturated rings. The fourth-order valence-electron chi connectivity index (χ4n) is 4.65. The topological polar surface area (TPSA) is 102 Å². The van der Waals surface area contributed by atoms with Gasteiger partial charge in [0.05, 0.1) is 12.5 Å². The van der Waals surface area contributed by atoms with Gasteiger partial charge in [0.1, 0.15) is 18.4 Å². The van der Waals surface area contributed by atoms with E-state index in [1.165, 1.54) is 7.11 Å². The normalized spacial score (nSPS) is 21.9. The van der Waals surface area contributed by atoms with Gasteiger partial charge in [-0.15, -0.1) is 0 Å². The Hall–Kier alpha value is -3.35. The molecule has 1 saturated carbocycles. The van der Waals surface area contributed by atoms with Crippen LogP contribution in [0.3, 0.4) is 0 Å². The molecule has 0 heterocycles. The molecule has 2 N–H and O–H groups in total. The van der Waals surface area contributed by atoms with E-state index in [4.69, 9.17) is 9.47 Å². The van der Waals surface area contributed by atoms with Gasteiger partial charge in [0.15, 0.2) is 0 Å². The molecule has 2 aromatic rings. The van der Waals surface area contributed by atoms with Crippen LogP contribution in [-0.4, -0.2) is 36.1 Å². The van der Waals surface area contributed by atoms with E-state index in [0.29, 0.717) is 25.2 Å². The zero-order valence-corrected chi connectivity index (χ0v) is 20.2. The molecule has 1 aliphatic carbocycles. The van der Waals surface area contributed by atoms with Gasteiger partial charge in [0, 0.05) is 12.3 Å². The first kappa shape index (κ1) is 25.3. The van der Waals surface area contributed by atoms with Gasteiger partial charge in [-0.1, -0.05) is 56.3 Å². The molecule has 34 heavy (non-hydrogen) atoms. The number of rotatable bonds is 9. The fourth-order valence-corrected chi connectivity index (χ4v) is 4.65. The number of amides is 1. The molecule has 3 rings (SSSR count). The molecule has 2 unspecified atom stereocenters. The Kier molecular flexibility index (Phi) is 7.64. The second kappa shape index (κ2) is 10.3. The molecule has 1 amide bonds. The summed E-state index contributed by atoms with van der Waals surface area (Å²) >= 11 is 0. The van der Waals surface area contributed by atoms with Crippen LogP contribution in [0, 0.1) is 16.7 Å². The zero-order valence-electron chi connectivity index (χ0n) is 20.2. The Labute approximate surface area is 200 Å². The molecule has 0 saturated heterocycles. The van der Waals surface area contributed by atoms with E-state index in [9.17, 15) is 19.5 Å². The Bertz CT molecular complexity index is 1020. The van der Waals surface area contributed by atoms with Crippen molar-refractivity contribution < 1.29 is 29.0 Å². The third-order valence-electron chi connectivity index (χ3n) is 7.43. The highest BCUT2D eigenvalue weighted by Crippen LogP contribution is 2.56. The van der Waals surface area contributed by atoms with Crippen molar-refractivity contribution in [2.75, 3.05) is 7.11 Å². The third kappa shape index (κ3) is 5.24. The van der Waals surface area contributed by atoms with Crippen LogP contribution in [0.1, 0.15) is 44.7 Å². The summed E-state index contributed by atoms with van der Waals surface area (Å²) < 4.78 is 10.7. The lowest BCUT2D eigenvalue weighted by atomic mass is 9.65. The van der Waals surface area contributed by atoms with Crippen LogP contribution < -0.4 is 10.1 Å². The predicted octanol–water partition coefficient (Wildman–Crippen LogP) is 3.99. The molecule has 0 aromatic heterocycles. The van der Waals surface area contributed by atoms with E-state index >= 15 is 0 Å². The highest BCUT2D eigenvalue weighted by Gasteiger charge is 2.58. The van der Waals surface area contributed by atoms with Crippen LogP contribution in [0.15, 0.2) is 54.6 Å². The van der Waals surface area contributed by atoms with E-state index < -0.39 is 34.7 Å². The molecule has 0 radical (unpaired) electrons. The summed E-state index contributed by atoms with van der Waals surface area (Å²) in [4.78, 5) is 37.4. The molecule has 182 valence electrons. The van der Waals surface area contributed by atoms with Crippen molar-refractivity contribution in [3.05, 3.63) is 65.7 Å². The number of nitrogens with one attached hydrogen (secondary N) is 1. The Balaban J connectivity index is 1.65. The molecular weight excluding hydrogens is 434 g/mol. The number of carbonyl (C=O) groups is 3. The molecule has 7 nitrogen and oxygen atoms in total. The van der Waals surface area contributed by atoms with Gasteiger partial charge in [-0.2, -0.15) is 0 Å². The molecule has 7 heteroatoms. The molecule has 0 bridgehead atoms. The van der Waals surface area contributed by atoms with Gasteiger partial charge in [-0.05, 0) is 48.4 Å². The van der Waals surface area contributed by atoms with E-state index in [2.05, 4.69) is 5.32 Å². The van der Waals surface area contributed by atoms with Crippen molar-refractivity contribution in [1.82, 2.24) is 5.32 Å². The summed E-state index contributed by atoms with van der Waals surface area (Å²) in [5, 5.41) is 12.5. The summed E-state index contributed by atoms with van der Waals surface area (Å²) in [6.07, 6.45) is 1.10. The molecule has 0 spiro atoms. The summed E-state index contributed by atoms with van der Waals surface area (Å²) in [5.41, 5.74) is 0.129. The number of carboxylic acids is 1. The quantitative estimate of drug-likeness (QED) is 0.541. The minimum atomic E-state index is -1.01. The van der Waals surface area contributed by atoms with Crippen LogP contribution in [-0.2, 0) is 32.1 Å². The van der Waals surface area contributed by atoms with E-state index in [1.54, 1.807) is 20.8 Å². The van der Waals surface area contributed by atoms with Gasteiger partial charge in [-0.3, -0.25) is 9.59 Å². The van der Waals surface area contributed by atoms with E-state index in [0.717, 1.165) is 11.1 Å². The third-order valence-corrected chi connectivity index (χ3v) is 7.43. The lowest BCUT2D eigenvalue weighted by Gasteiger charge is -2.38. The van der Waals surface area contributed by atoms with Crippen molar-refractivity contribution >= 4 is 17.8 Å². The van der Waals surface area contributed by atoms with Crippen molar-refractivity contribution in [3.8, 4) is 5.75 Å². The average molecular weight is 468 g/mol. The molecular formula is C27H33NO6. The summed E-state index contributed by atoms with van der Waals surface area (Å²) in [5.74, 6) is -1.60. The van der Waals surface area contributed by atoms with Crippen molar-refractivity contribution in [2.45, 2.75) is 52.7 Å². The Morgan fingerprint density at radius 2 is 1.68 bits per heavy atom. The second-order valence-corrected chi connectivity index (χ2v) is 9.66. The second-order valence-electron chi connectivity index (χ2n) is 9.66. The van der Waals surface area contributed by atoms with Gasteiger partial charge in [0.2, 0.25) is 5.91 Å². The first-order valence-electron chi connectivity index (χ1n) is 11.5. The number of benzene rings is 2. The minimum Gasteiger partial charge on any atom is -0.489 e. The van der Waals surface area contributed by atoms with Crippen LogP contribution >= 0.6 is 0 Å². The van der Waals surface area contributed by atoms with Crippen molar-refractivity contribution in [2.24, 2.45) is 16.7 Å². The van der Waals surface area contributed by atoms with Gasteiger partial charge < -0.3 is 19.9 Å². The van der Waals surface area contributed by atoms with Gasteiger partial charge in [-0.25, -0.2) is 4.79 Å². The Morgan fingerprint density at radius 1 is 1.03 bits per heavy atom. The van der Waals surface area contributed by atoms with Crippen molar-refractivity contribution in [3.63, 3.8) is 0 Å². The fraction of sp³-hybridized carbons (Fsp3) is 0.444. The number of carboxylic acid groups (broad SMARTS) is 1. The number of esters is 1. The molecule has 2 aromatic carbocycles. The standard InChI is InChI=1S/C27H33NO6/c1-26(2)21(14-15-27(26,3)25(31)32)23(29)28-22(24(30)33-4)16-18-10-12-20(13-11-18)34-17-19-8-6-5-7-9-19/h5-13,21-22H,14-17H2,1-4H3,(H,28,29)(H,31,32)/t21?,22-,27?/m0/s1. The van der Waals surface area contributed by atoms with E-state index in [-0.39, 0.29) is 12.3 Å². The monoisotopic (exact) mass is 467 g/mol. The molecule has 1 aliphatic rings. The smallest absolute Gasteiger partial charge is 0.328 e. The molecule has 0 aliphatic heterocycles. The van der Waals surface area contributed by atoms with Crippen LogP contribution in [0.5, 0.6) is 5.75 Å². The number of hydrogen-bond acceptors (Lipinski definition) is 5. The first-order chi connectivity index (χ1) is 16.1. The lowest BCUT2D eigenvalue weighted by Crippen LogP contribution is -2.50.